The van der Waals surface area contributed by atoms with Crippen molar-refractivity contribution >= 4 is 5.91 Å². The molecule has 0 saturated heterocycles. The Bertz CT molecular complexity index is 339. The Labute approximate surface area is 109 Å². The van der Waals surface area contributed by atoms with Crippen LogP contribution in [0.4, 0.5) is 0 Å². The van der Waals surface area contributed by atoms with Gasteiger partial charge in [0, 0.05) is 25.4 Å². The first-order valence-corrected chi connectivity index (χ1v) is 6.45. The van der Waals surface area contributed by atoms with E-state index in [0.717, 1.165) is 12.8 Å². The lowest BCUT2D eigenvalue weighted by atomic mass is 10.1. The van der Waals surface area contributed by atoms with Gasteiger partial charge in [0.25, 0.3) is 0 Å². The summed E-state index contributed by atoms with van der Waals surface area (Å²) in [5.74, 6) is 0.0891. The van der Waals surface area contributed by atoms with E-state index < -0.39 is 0 Å². The van der Waals surface area contributed by atoms with Crippen molar-refractivity contribution in [3.8, 4) is 0 Å². The molecule has 18 heavy (non-hydrogen) atoms. The SMILES string of the molecule is CC(C)OCCNC(=O)CCCc1cccnc1. The molecule has 0 aliphatic rings. The molecule has 0 saturated carbocycles. The number of hydrogen-bond acceptors (Lipinski definition) is 3. The maximum atomic E-state index is 11.5. The number of ether oxygens (including phenoxy) is 1. The van der Waals surface area contributed by atoms with Crippen molar-refractivity contribution in [3.05, 3.63) is 30.1 Å². The van der Waals surface area contributed by atoms with Crippen LogP contribution in [-0.4, -0.2) is 30.1 Å². The summed E-state index contributed by atoms with van der Waals surface area (Å²) in [6, 6.07) is 3.94. The van der Waals surface area contributed by atoms with Crippen molar-refractivity contribution in [1.82, 2.24) is 10.3 Å². The largest absolute Gasteiger partial charge is 0.377 e. The van der Waals surface area contributed by atoms with Gasteiger partial charge in [-0.25, -0.2) is 0 Å². The number of carbonyl (C=O) groups excluding carboxylic acids is 1. The van der Waals surface area contributed by atoms with Gasteiger partial charge in [0.1, 0.15) is 0 Å². The summed E-state index contributed by atoms with van der Waals surface area (Å²) in [7, 11) is 0. The Morgan fingerprint density at radius 2 is 2.33 bits per heavy atom. The average Bonchev–Trinajstić information content (AvgIpc) is 2.36. The third-order valence-corrected chi connectivity index (χ3v) is 2.47. The molecular weight excluding hydrogens is 228 g/mol. The Morgan fingerprint density at radius 1 is 1.50 bits per heavy atom. The molecule has 0 aromatic carbocycles. The molecule has 0 aliphatic heterocycles. The molecule has 4 heteroatoms. The van der Waals surface area contributed by atoms with E-state index in [4.69, 9.17) is 4.74 Å². The van der Waals surface area contributed by atoms with Crippen molar-refractivity contribution < 1.29 is 9.53 Å². The minimum absolute atomic E-state index is 0.0891. The van der Waals surface area contributed by atoms with E-state index in [1.54, 1.807) is 6.20 Å². The van der Waals surface area contributed by atoms with E-state index in [-0.39, 0.29) is 12.0 Å². The molecule has 0 fully saturated rings. The number of nitrogens with one attached hydrogen (secondary N) is 1. The van der Waals surface area contributed by atoms with Gasteiger partial charge in [-0.15, -0.1) is 0 Å². The molecular formula is C14H22N2O2. The van der Waals surface area contributed by atoms with E-state index in [1.165, 1.54) is 5.56 Å². The number of pyridine rings is 1. The normalized spacial score (nSPS) is 10.6. The summed E-state index contributed by atoms with van der Waals surface area (Å²) in [6.45, 7) is 5.13. The third kappa shape index (κ3) is 7.01. The van der Waals surface area contributed by atoms with Crippen LogP contribution < -0.4 is 5.32 Å². The van der Waals surface area contributed by atoms with Gasteiger partial charge in [0.05, 0.1) is 12.7 Å². The number of amides is 1. The van der Waals surface area contributed by atoms with Crippen LogP contribution in [0.3, 0.4) is 0 Å². The summed E-state index contributed by atoms with van der Waals surface area (Å²) in [6.07, 6.45) is 6.11. The first-order chi connectivity index (χ1) is 8.68. The highest BCUT2D eigenvalue weighted by atomic mass is 16.5. The molecule has 0 unspecified atom stereocenters. The van der Waals surface area contributed by atoms with Crippen LogP contribution in [0.2, 0.25) is 0 Å². The second kappa shape index (κ2) is 8.64. The standard InChI is InChI=1S/C14H22N2O2/c1-12(2)18-10-9-16-14(17)7-3-5-13-6-4-8-15-11-13/h4,6,8,11-12H,3,5,7,9-10H2,1-2H3,(H,16,17). The van der Waals surface area contributed by atoms with Gasteiger partial charge in [-0.1, -0.05) is 6.07 Å². The summed E-state index contributed by atoms with van der Waals surface area (Å²) in [5, 5.41) is 2.84. The molecule has 0 atom stereocenters. The molecule has 1 rings (SSSR count). The van der Waals surface area contributed by atoms with Crippen molar-refractivity contribution in [2.45, 2.75) is 39.2 Å². The number of carbonyl (C=O) groups is 1. The number of aryl methyl sites for hydroxylation is 1. The first kappa shape index (κ1) is 14.6. The van der Waals surface area contributed by atoms with Gasteiger partial charge >= 0.3 is 0 Å². The van der Waals surface area contributed by atoms with Gasteiger partial charge in [-0.2, -0.15) is 0 Å². The predicted molar refractivity (Wildman–Crippen MR) is 71.3 cm³/mol. The minimum Gasteiger partial charge on any atom is -0.377 e. The van der Waals surface area contributed by atoms with E-state index in [2.05, 4.69) is 10.3 Å². The summed E-state index contributed by atoms with van der Waals surface area (Å²) >= 11 is 0. The fourth-order valence-corrected chi connectivity index (χ4v) is 1.57. The molecule has 4 nitrogen and oxygen atoms in total. The number of hydrogen-bond donors (Lipinski definition) is 1. The molecule has 1 aromatic rings. The lowest BCUT2D eigenvalue weighted by Crippen LogP contribution is -2.27. The number of nitrogens with zero attached hydrogens (tertiary/aromatic N) is 1. The topological polar surface area (TPSA) is 51.2 Å². The van der Waals surface area contributed by atoms with Gasteiger partial charge in [-0.05, 0) is 38.3 Å². The molecule has 1 N–H and O–H groups in total. The maximum Gasteiger partial charge on any atom is 0.220 e. The first-order valence-electron chi connectivity index (χ1n) is 6.45. The van der Waals surface area contributed by atoms with Crippen LogP contribution in [0.1, 0.15) is 32.3 Å². The van der Waals surface area contributed by atoms with Crippen LogP contribution in [-0.2, 0) is 16.0 Å². The molecule has 0 spiro atoms. The van der Waals surface area contributed by atoms with Crippen molar-refractivity contribution in [2.75, 3.05) is 13.2 Å². The fourth-order valence-electron chi connectivity index (χ4n) is 1.57. The summed E-state index contributed by atoms with van der Waals surface area (Å²) < 4.78 is 5.34. The van der Waals surface area contributed by atoms with Crippen molar-refractivity contribution in [1.29, 1.82) is 0 Å². The minimum atomic E-state index is 0.0891. The van der Waals surface area contributed by atoms with Crippen LogP contribution >= 0.6 is 0 Å². The Kier molecular flexibility index (Phi) is 7.03. The zero-order valence-electron chi connectivity index (χ0n) is 11.2. The lowest BCUT2D eigenvalue weighted by Gasteiger charge is -2.08. The van der Waals surface area contributed by atoms with Gasteiger partial charge in [0.2, 0.25) is 5.91 Å². The van der Waals surface area contributed by atoms with Gasteiger partial charge in [0.15, 0.2) is 0 Å². The average molecular weight is 250 g/mol. The van der Waals surface area contributed by atoms with Crippen LogP contribution in [0, 0.1) is 0 Å². The molecule has 1 amide bonds. The fraction of sp³-hybridized carbons (Fsp3) is 0.571. The van der Waals surface area contributed by atoms with Gasteiger partial charge in [-0.3, -0.25) is 9.78 Å². The molecule has 1 aromatic heterocycles. The van der Waals surface area contributed by atoms with E-state index in [1.807, 2.05) is 32.2 Å². The second-order valence-electron chi connectivity index (χ2n) is 4.48. The smallest absolute Gasteiger partial charge is 0.220 e. The van der Waals surface area contributed by atoms with Crippen molar-refractivity contribution in [2.24, 2.45) is 0 Å². The number of rotatable bonds is 8. The highest BCUT2D eigenvalue weighted by molar-refractivity contribution is 5.75. The van der Waals surface area contributed by atoms with E-state index in [9.17, 15) is 4.79 Å². The van der Waals surface area contributed by atoms with Gasteiger partial charge < -0.3 is 10.1 Å². The third-order valence-electron chi connectivity index (χ3n) is 2.47. The highest BCUT2D eigenvalue weighted by Crippen LogP contribution is 2.02. The molecule has 0 aliphatic carbocycles. The number of aromatic nitrogens is 1. The quantitative estimate of drug-likeness (QED) is 0.717. The molecule has 100 valence electrons. The Morgan fingerprint density at radius 3 is 3.00 bits per heavy atom. The second-order valence-corrected chi connectivity index (χ2v) is 4.48. The van der Waals surface area contributed by atoms with Crippen molar-refractivity contribution in [3.63, 3.8) is 0 Å². The molecule has 0 radical (unpaired) electrons. The zero-order valence-corrected chi connectivity index (χ0v) is 11.2. The molecule has 1 heterocycles. The zero-order chi connectivity index (χ0) is 13.2. The predicted octanol–water partition coefficient (Wildman–Crippen LogP) is 1.95. The Hall–Kier alpha value is -1.42. The monoisotopic (exact) mass is 250 g/mol. The molecule has 0 bridgehead atoms. The summed E-state index contributed by atoms with van der Waals surface area (Å²) in [4.78, 5) is 15.5. The van der Waals surface area contributed by atoms with Crippen LogP contribution in [0.25, 0.3) is 0 Å². The van der Waals surface area contributed by atoms with E-state index in [0.29, 0.717) is 19.6 Å². The highest BCUT2D eigenvalue weighted by Gasteiger charge is 2.01. The van der Waals surface area contributed by atoms with Crippen LogP contribution in [0.5, 0.6) is 0 Å². The Balaban J connectivity index is 2.03. The lowest BCUT2D eigenvalue weighted by molar-refractivity contribution is -0.121. The maximum absolute atomic E-state index is 11.5. The summed E-state index contributed by atoms with van der Waals surface area (Å²) in [5.41, 5.74) is 1.17. The van der Waals surface area contributed by atoms with Crippen LogP contribution in [0.15, 0.2) is 24.5 Å². The van der Waals surface area contributed by atoms with E-state index >= 15 is 0 Å².